The van der Waals surface area contributed by atoms with E-state index in [1.807, 2.05) is 38.1 Å². The quantitative estimate of drug-likeness (QED) is 0.124. The molecule has 1 aliphatic heterocycles. The van der Waals surface area contributed by atoms with Gasteiger partial charge in [0.2, 0.25) is 23.6 Å². The van der Waals surface area contributed by atoms with Gasteiger partial charge in [0.1, 0.15) is 24.2 Å². The largest absolute Gasteiger partial charge is 0.481 e. The number of benzene rings is 1. The lowest BCUT2D eigenvalue weighted by Crippen LogP contribution is -2.59. The molecule has 1 aromatic carbocycles. The van der Waals surface area contributed by atoms with Crippen molar-refractivity contribution in [3.63, 3.8) is 0 Å². The Kier molecular flexibility index (Phi) is 12.2. The van der Waals surface area contributed by atoms with Gasteiger partial charge in [-0.1, -0.05) is 32.0 Å². The number of hydrogen-bond acceptors (Lipinski definition) is 8. The number of hydrogen-bond donors (Lipinski definition) is 8. The fourth-order valence-corrected chi connectivity index (χ4v) is 5.46. The third-order valence-electron chi connectivity index (χ3n) is 7.42. The fraction of sp³-hybridized carbons (Fsp3) is 0.517. The summed E-state index contributed by atoms with van der Waals surface area (Å²) in [6, 6.07) is 1.79. The lowest BCUT2D eigenvalue weighted by Gasteiger charge is -2.30. The molecule has 15 heteroatoms. The summed E-state index contributed by atoms with van der Waals surface area (Å²) in [4.78, 5) is 79.5. The van der Waals surface area contributed by atoms with Crippen molar-refractivity contribution in [3.8, 4) is 0 Å². The predicted octanol–water partition coefficient (Wildman–Crippen LogP) is 0.0183. The van der Waals surface area contributed by atoms with Crippen LogP contribution >= 0.6 is 12.6 Å². The molecular formula is C29H40N6O8S. The van der Waals surface area contributed by atoms with Gasteiger partial charge in [0, 0.05) is 29.4 Å². The minimum absolute atomic E-state index is 0.000636. The molecular weight excluding hydrogens is 592 g/mol. The van der Waals surface area contributed by atoms with E-state index in [9.17, 15) is 33.9 Å². The maximum Gasteiger partial charge on any atom is 0.326 e. The van der Waals surface area contributed by atoms with Crippen LogP contribution in [-0.2, 0) is 35.2 Å². The van der Waals surface area contributed by atoms with Crippen molar-refractivity contribution in [2.75, 3.05) is 12.3 Å². The van der Waals surface area contributed by atoms with E-state index >= 15 is 0 Å². The van der Waals surface area contributed by atoms with Crippen molar-refractivity contribution in [3.05, 3.63) is 36.0 Å². The van der Waals surface area contributed by atoms with Gasteiger partial charge in [-0.05, 0) is 43.2 Å². The summed E-state index contributed by atoms with van der Waals surface area (Å²) in [5, 5.41) is 26.7. The molecule has 5 atom stereocenters. The van der Waals surface area contributed by atoms with Crippen molar-refractivity contribution in [1.82, 2.24) is 25.8 Å². The summed E-state index contributed by atoms with van der Waals surface area (Å²) < 4.78 is 0. The number of amides is 4. The molecule has 0 radical (unpaired) electrons. The molecule has 0 spiro atoms. The van der Waals surface area contributed by atoms with Crippen LogP contribution < -0.4 is 21.7 Å². The number of carboxylic acids is 2. The first-order valence-electron chi connectivity index (χ1n) is 14.4. The molecule has 1 aliphatic rings. The molecule has 2 aromatic rings. The minimum Gasteiger partial charge on any atom is -0.481 e. The standard InChI is InChI=1S/C29H40N6O8S/c1-15(2)10-20(32-25(38)18(30)11-16-13-31-19-7-4-3-6-17(16)19)26(39)34-22(14-44)28(41)35-9-5-8-23(35)27(40)33-21(29(42)43)12-24(36)37/h3-4,6-7,13,15,18,20-23,31,44H,5,8-12,14,30H2,1-2H3,(H,32,38)(H,33,40)(H,34,39)(H,36,37)(H,42,43)/t18-,20-,21-,22-,23-/m0/s1. The third kappa shape index (κ3) is 8.95. The van der Waals surface area contributed by atoms with Crippen LogP contribution in [0.5, 0.6) is 0 Å². The third-order valence-corrected chi connectivity index (χ3v) is 7.79. The molecule has 0 saturated carbocycles. The average Bonchev–Trinajstić information content (AvgIpc) is 3.62. The lowest BCUT2D eigenvalue weighted by atomic mass is 10.0. The van der Waals surface area contributed by atoms with E-state index in [0.717, 1.165) is 16.5 Å². The maximum absolute atomic E-state index is 13.4. The number of para-hydroxylation sites is 1. The number of aliphatic carboxylic acids is 2. The summed E-state index contributed by atoms with van der Waals surface area (Å²) in [5.41, 5.74) is 7.99. The highest BCUT2D eigenvalue weighted by Gasteiger charge is 2.39. The number of H-pyrrole nitrogens is 1. The Hall–Kier alpha value is -4.11. The van der Waals surface area contributed by atoms with Crippen LogP contribution in [0, 0.1) is 5.92 Å². The summed E-state index contributed by atoms with van der Waals surface area (Å²) in [5.74, 6) is -5.60. The number of aromatic nitrogens is 1. The monoisotopic (exact) mass is 632 g/mol. The van der Waals surface area contributed by atoms with Gasteiger partial charge in [-0.3, -0.25) is 24.0 Å². The Morgan fingerprint density at radius 2 is 1.70 bits per heavy atom. The van der Waals surface area contributed by atoms with Gasteiger partial charge in [0.05, 0.1) is 12.5 Å². The number of fused-ring (bicyclic) bond motifs is 1. The average molecular weight is 633 g/mol. The van der Waals surface area contributed by atoms with Crippen LogP contribution in [0.15, 0.2) is 30.5 Å². The molecule has 1 saturated heterocycles. The first-order valence-corrected chi connectivity index (χ1v) is 15.0. The second-order valence-corrected chi connectivity index (χ2v) is 11.7. The van der Waals surface area contributed by atoms with Crippen LogP contribution in [0.1, 0.15) is 45.1 Å². The van der Waals surface area contributed by atoms with Gasteiger partial charge < -0.3 is 41.8 Å². The SMILES string of the molecule is CC(C)C[C@H](NC(=O)[C@@H](N)Cc1c[nH]c2ccccc12)C(=O)N[C@@H](CS)C(=O)N1CCC[C@H]1C(=O)N[C@@H](CC(=O)O)C(=O)O. The van der Waals surface area contributed by atoms with Gasteiger partial charge in [-0.15, -0.1) is 0 Å². The van der Waals surface area contributed by atoms with Gasteiger partial charge in [0.25, 0.3) is 0 Å². The molecule has 4 amide bonds. The highest BCUT2D eigenvalue weighted by molar-refractivity contribution is 7.80. The fourth-order valence-electron chi connectivity index (χ4n) is 5.22. The van der Waals surface area contributed by atoms with E-state index in [-0.39, 0.29) is 37.5 Å². The minimum atomic E-state index is -1.67. The summed E-state index contributed by atoms with van der Waals surface area (Å²) in [7, 11) is 0. The normalized spacial score (nSPS) is 17.5. The zero-order valence-electron chi connectivity index (χ0n) is 24.6. The number of carboxylic acid groups (broad SMARTS) is 2. The molecule has 0 aliphatic carbocycles. The second kappa shape index (κ2) is 15.6. The van der Waals surface area contributed by atoms with Crippen LogP contribution in [0.4, 0.5) is 0 Å². The van der Waals surface area contributed by atoms with E-state index in [1.165, 1.54) is 4.90 Å². The van der Waals surface area contributed by atoms with Crippen LogP contribution in [0.3, 0.4) is 0 Å². The number of nitrogens with one attached hydrogen (secondary N) is 4. The van der Waals surface area contributed by atoms with Crippen molar-refractivity contribution in [1.29, 1.82) is 0 Å². The van der Waals surface area contributed by atoms with Gasteiger partial charge >= 0.3 is 11.9 Å². The number of likely N-dealkylation sites (tertiary alicyclic amines) is 1. The van der Waals surface area contributed by atoms with Gasteiger partial charge in [-0.2, -0.15) is 12.6 Å². The summed E-state index contributed by atoms with van der Waals surface area (Å²) >= 11 is 4.23. The molecule has 0 bridgehead atoms. The topological polar surface area (TPSA) is 224 Å². The van der Waals surface area contributed by atoms with Crippen molar-refractivity contribution < 1.29 is 39.0 Å². The molecule has 8 N–H and O–H groups in total. The number of nitrogens with two attached hydrogens (primary N) is 1. The Bertz CT molecular complexity index is 1380. The van der Waals surface area contributed by atoms with Crippen molar-refractivity contribution in [2.24, 2.45) is 11.7 Å². The van der Waals surface area contributed by atoms with Crippen molar-refractivity contribution in [2.45, 2.75) is 76.2 Å². The highest BCUT2D eigenvalue weighted by Crippen LogP contribution is 2.21. The van der Waals surface area contributed by atoms with Crippen molar-refractivity contribution >= 4 is 59.1 Å². The first kappa shape index (κ1) is 34.4. The first-order chi connectivity index (χ1) is 20.8. The van der Waals surface area contributed by atoms with Crippen LogP contribution in [0.2, 0.25) is 0 Å². The van der Waals surface area contributed by atoms with Gasteiger partial charge in [-0.25, -0.2) is 4.79 Å². The lowest BCUT2D eigenvalue weighted by molar-refractivity contribution is -0.148. The van der Waals surface area contributed by atoms with Crippen LogP contribution in [0.25, 0.3) is 10.9 Å². The predicted molar refractivity (Wildman–Crippen MR) is 164 cm³/mol. The number of rotatable bonds is 15. The van der Waals surface area contributed by atoms with E-state index in [2.05, 4.69) is 33.6 Å². The van der Waals surface area contributed by atoms with E-state index < -0.39 is 72.2 Å². The van der Waals surface area contributed by atoms with Crippen LogP contribution in [-0.4, -0.2) is 98.2 Å². The Balaban J connectivity index is 1.66. The number of nitrogens with zero attached hydrogens (tertiary/aromatic N) is 1. The van der Waals surface area contributed by atoms with E-state index in [0.29, 0.717) is 6.42 Å². The molecule has 14 nitrogen and oxygen atoms in total. The molecule has 240 valence electrons. The Morgan fingerprint density at radius 1 is 1.02 bits per heavy atom. The summed E-state index contributed by atoms with van der Waals surface area (Å²) in [6.45, 7) is 3.92. The Morgan fingerprint density at radius 3 is 2.34 bits per heavy atom. The molecule has 2 heterocycles. The number of aromatic amines is 1. The Labute approximate surface area is 259 Å². The van der Waals surface area contributed by atoms with Gasteiger partial charge in [0.15, 0.2) is 0 Å². The number of thiol groups is 1. The zero-order valence-corrected chi connectivity index (χ0v) is 25.5. The smallest absolute Gasteiger partial charge is 0.326 e. The highest BCUT2D eigenvalue weighted by atomic mass is 32.1. The molecule has 0 unspecified atom stereocenters. The molecule has 3 rings (SSSR count). The number of carbonyl (C=O) groups is 6. The maximum atomic E-state index is 13.4. The van der Waals surface area contributed by atoms with E-state index in [1.54, 1.807) is 6.20 Å². The second-order valence-electron chi connectivity index (χ2n) is 11.3. The molecule has 44 heavy (non-hydrogen) atoms. The summed E-state index contributed by atoms with van der Waals surface area (Å²) in [6.07, 6.45) is 2.12. The molecule has 1 fully saturated rings. The van der Waals surface area contributed by atoms with E-state index in [4.69, 9.17) is 10.8 Å². The zero-order chi connectivity index (χ0) is 32.6. The molecule has 1 aromatic heterocycles. The number of carbonyl (C=O) groups excluding carboxylic acids is 4.